The lowest BCUT2D eigenvalue weighted by atomic mass is 10.0. The highest BCUT2D eigenvalue weighted by molar-refractivity contribution is 5.80. The van der Waals surface area contributed by atoms with Crippen molar-refractivity contribution in [2.75, 3.05) is 0 Å². The van der Waals surface area contributed by atoms with Crippen molar-refractivity contribution in [3.8, 4) is 0 Å². The molecule has 0 aliphatic rings. The van der Waals surface area contributed by atoms with Crippen LogP contribution in [0.15, 0.2) is 27.8 Å². The Labute approximate surface area is 98.7 Å². The third-order valence-electron chi connectivity index (χ3n) is 2.87. The Hall–Kier alpha value is -1.84. The van der Waals surface area contributed by atoms with E-state index in [-0.39, 0.29) is 11.1 Å². The summed E-state index contributed by atoms with van der Waals surface area (Å²) < 4.78 is 0. The van der Waals surface area contributed by atoms with Crippen molar-refractivity contribution in [3.63, 3.8) is 0 Å². The molecule has 2 aromatic rings. The lowest BCUT2D eigenvalue weighted by Crippen LogP contribution is -2.18. The highest BCUT2D eigenvalue weighted by Crippen LogP contribution is 2.12. The normalized spacial score (nSPS) is 11.2. The topological polar surface area (TPSA) is 65.7 Å². The molecular formula is C13H16N2O2. The summed E-state index contributed by atoms with van der Waals surface area (Å²) in [5.74, 6) is 0.628. The number of H-pyrrole nitrogens is 2. The number of hydrogen-bond donors (Lipinski definition) is 2. The van der Waals surface area contributed by atoms with Gasteiger partial charge in [-0.25, -0.2) is 0 Å². The lowest BCUT2D eigenvalue weighted by Gasteiger charge is -2.05. The van der Waals surface area contributed by atoms with Crippen LogP contribution in [0, 0.1) is 5.92 Å². The van der Waals surface area contributed by atoms with Gasteiger partial charge in [0.2, 0.25) is 0 Å². The van der Waals surface area contributed by atoms with Crippen LogP contribution in [0.1, 0.15) is 25.8 Å². The number of hydrogen-bond acceptors (Lipinski definition) is 2. The van der Waals surface area contributed by atoms with Crippen molar-refractivity contribution >= 4 is 10.8 Å². The zero-order valence-corrected chi connectivity index (χ0v) is 10.0. The van der Waals surface area contributed by atoms with E-state index in [4.69, 9.17) is 0 Å². The summed E-state index contributed by atoms with van der Waals surface area (Å²) in [4.78, 5) is 23.1. The molecule has 0 aliphatic carbocycles. The van der Waals surface area contributed by atoms with Crippen LogP contribution in [0.2, 0.25) is 0 Å². The fourth-order valence-corrected chi connectivity index (χ4v) is 1.84. The number of aromatic amines is 2. The van der Waals surface area contributed by atoms with Gasteiger partial charge in [-0.05, 0) is 36.5 Å². The summed E-state index contributed by atoms with van der Waals surface area (Å²) in [6, 6.07) is 5.45. The third kappa shape index (κ3) is 2.46. The van der Waals surface area contributed by atoms with Crippen molar-refractivity contribution in [3.05, 3.63) is 44.5 Å². The molecule has 17 heavy (non-hydrogen) atoms. The predicted molar refractivity (Wildman–Crippen MR) is 68.3 cm³/mol. The number of fused-ring (bicyclic) bond motifs is 1. The van der Waals surface area contributed by atoms with Crippen LogP contribution in [0.25, 0.3) is 10.8 Å². The number of aryl methyl sites for hydroxylation is 1. The summed E-state index contributed by atoms with van der Waals surface area (Å²) in [5, 5.41) is 5.57. The summed E-state index contributed by atoms with van der Waals surface area (Å²) in [7, 11) is 0. The predicted octanol–water partition coefficient (Wildman–Crippen LogP) is 1.80. The van der Waals surface area contributed by atoms with Crippen molar-refractivity contribution in [2.45, 2.75) is 26.7 Å². The second-order valence-corrected chi connectivity index (χ2v) is 4.72. The summed E-state index contributed by atoms with van der Waals surface area (Å²) >= 11 is 0. The van der Waals surface area contributed by atoms with Gasteiger partial charge in [0.05, 0.1) is 10.8 Å². The Kier molecular flexibility index (Phi) is 3.13. The highest BCUT2D eigenvalue weighted by atomic mass is 16.1. The van der Waals surface area contributed by atoms with Gasteiger partial charge < -0.3 is 0 Å². The molecule has 0 spiro atoms. The molecule has 4 heteroatoms. The van der Waals surface area contributed by atoms with Gasteiger partial charge in [0.1, 0.15) is 0 Å². The molecule has 0 amide bonds. The molecule has 0 atom stereocenters. The van der Waals surface area contributed by atoms with E-state index in [0.29, 0.717) is 16.7 Å². The van der Waals surface area contributed by atoms with Gasteiger partial charge in [0.15, 0.2) is 0 Å². The van der Waals surface area contributed by atoms with Crippen molar-refractivity contribution < 1.29 is 0 Å². The lowest BCUT2D eigenvalue weighted by molar-refractivity contribution is 0.587. The van der Waals surface area contributed by atoms with Gasteiger partial charge in [-0.2, -0.15) is 0 Å². The zero-order valence-electron chi connectivity index (χ0n) is 10.0. The summed E-state index contributed by atoms with van der Waals surface area (Å²) in [6.07, 6.45) is 2.01. The summed E-state index contributed by atoms with van der Waals surface area (Å²) in [5.41, 5.74) is 0.600. The van der Waals surface area contributed by atoms with E-state index in [1.165, 1.54) is 0 Å². The van der Waals surface area contributed by atoms with Crippen molar-refractivity contribution in [2.24, 2.45) is 5.92 Å². The van der Waals surface area contributed by atoms with E-state index in [1.54, 1.807) is 6.07 Å². The first-order valence-corrected chi connectivity index (χ1v) is 5.81. The Morgan fingerprint density at radius 2 is 1.71 bits per heavy atom. The number of aromatic nitrogens is 2. The largest absolute Gasteiger partial charge is 0.270 e. The van der Waals surface area contributed by atoms with E-state index >= 15 is 0 Å². The minimum absolute atomic E-state index is 0.244. The average Bonchev–Trinajstić information content (AvgIpc) is 2.31. The minimum atomic E-state index is -0.255. The zero-order chi connectivity index (χ0) is 12.4. The monoisotopic (exact) mass is 232 g/mol. The second kappa shape index (κ2) is 4.57. The van der Waals surface area contributed by atoms with Crippen LogP contribution in [-0.2, 0) is 6.42 Å². The smallest absolute Gasteiger partial charge is 0.267 e. The van der Waals surface area contributed by atoms with Crippen LogP contribution in [0.4, 0.5) is 0 Å². The molecular weight excluding hydrogens is 216 g/mol. The average molecular weight is 232 g/mol. The van der Waals surface area contributed by atoms with Crippen LogP contribution in [0.5, 0.6) is 0 Å². The van der Waals surface area contributed by atoms with Crippen LogP contribution < -0.4 is 11.1 Å². The molecule has 0 fully saturated rings. The van der Waals surface area contributed by atoms with E-state index in [2.05, 4.69) is 24.0 Å². The molecule has 4 nitrogen and oxygen atoms in total. The standard InChI is InChI=1S/C13H16N2O2/c1-8(2)3-4-9-5-6-10-11(7-9)13(17)15-14-12(10)16/h5-8H,3-4H2,1-2H3,(H,14,16)(H,15,17). The molecule has 0 unspecified atom stereocenters. The maximum Gasteiger partial charge on any atom is 0.270 e. The maximum absolute atomic E-state index is 11.6. The molecule has 0 radical (unpaired) electrons. The van der Waals surface area contributed by atoms with Crippen molar-refractivity contribution in [1.29, 1.82) is 0 Å². The third-order valence-corrected chi connectivity index (χ3v) is 2.87. The minimum Gasteiger partial charge on any atom is -0.267 e. The van der Waals surface area contributed by atoms with Crippen molar-refractivity contribution in [1.82, 2.24) is 10.2 Å². The first-order chi connectivity index (χ1) is 8.08. The molecule has 2 N–H and O–H groups in total. The molecule has 0 saturated carbocycles. The Bertz CT molecular complexity index is 638. The molecule has 1 heterocycles. The Morgan fingerprint density at radius 3 is 2.35 bits per heavy atom. The van der Waals surface area contributed by atoms with Crippen LogP contribution in [0.3, 0.4) is 0 Å². The van der Waals surface area contributed by atoms with E-state index in [1.807, 2.05) is 12.1 Å². The molecule has 1 aromatic heterocycles. The van der Waals surface area contributed by atoms with Gasteiger partial charge in [-0.3, -0.25) is 19.8 Å². The van der Waals surface area contributed by atoms with Gasteiger partial charge in [-0.1, -0.05) is 19.9 Å². The first kappa shape index (κ1) is 11.6. The SMILES string of the molecule is CC(C)CCc1ccc2c(=O)[nH][nH]c(=O)c2c1. The van der Waals surface area contributed by atoms with Gasteiger partial charge in [0, 0.05) is 0 Å². The molecule has 0 bridgehead atoms. The molecule has 0 saturated heterocycles. The summed E-state index contributed by atoms with van der Waals surface area (Å²) in [6.45, 7) is 4.33. The van der Waals surface area contributed by atoms with Crippen LogP contribution >= 0.6 is 0 Å². The van der Waals surface area contributed by atoms with E-state index in [9.17, 15) is 9.59 Å². The number of benzene rings is 1. The Balaban J connectivity index is 2.47. The molecule has 90 valence electrons. The van der Waals surface area contributed by atoms with E-state index < -0.39 is 0 Å². The maximum atomic E-state index is 11.6. The fraction of sp³-hybridized carbons (Fsp3) is 0.385. The Morgan fingerprint density at radius 1 is 1.06 bits per heavy atom. The fourth-order valence-electron chi connectivity index (χ4n) is 1.84. The molecule has 2 rings (SSSR count). The molecule has 1 aromatic carbocycles. The van der Waals surface area contributed by atoms with Gasteiger partial charge >= 0.3 is 0 Å². The van der Waals surface area contributed by atoms with Crippen LogP contribution in [-0.4, -0.2) is 10.2 Å². The first-order valence-electron chi connectivity index (χ1n) is 5.81. The second-order valence-electron chi connectivity index (χ2n) is 4.72. The highest BCUT2D eigenvalue weighted by Gasteiger charge is 2.04. The van der Waals surface area contributed by atoms with Gasteiger partial charge in [-0.15, -0.1) is 0 Å². The number of rotatable bonds is 3. The quantitative estimate of drug-likeness (QED) is 0.847. The van der Waals surface area contributed by atoms with Gasteiger partial charge in [0.25, 0.3) is 11.1 Å². The van der Waals surface area contributed by atoms with E-state index in [0.717, 1.165) is 18.4 Å². The molecule has 0 aliphatic heterocycles. The number of nitrogens with one attached hydrogen (secondary N) is 2.